The Balaban J connectivity index is 2.09. The third-order valence-corrected chi connectivity index (χ3v) is 3.30. The standard InChI is InChI=1S/C14H10ClN3O2/c15-9-2-4-11(16-6-9)13(14(19)20)8-1-3-10-12(5-8)18-7-17-10/h1-7,13H,(H,17,18)(H,19,20). The van der Waals surface area contributed by atoms with E-state index in [0.29, 0.717) is 16.3 Å². The monoisotopic (exact) mass is 287 g/mol. The van der Waals surface area contributed by atoms with Crippen molar-refractivity contribution in [3.8, 4) is 0 Å². The molecule has 1 aromatic carbocycles. The zero-order valence-electron chi connectivity index (χ0n) is 10.2. The number of benzene rings is 1. The molecule has 100 valence electrons. The molecule has 6 heteroatoms. The lowest BCUT2D eigenvalue weighted by Gasteiger charge is -2.12. The van der Waals surface area contributed by atoms with Gasteiger partial charge in [-0.15, -0.1) is 0 Å². The molecule has 2 heterocycles. The van der Waals surface area contributed by atoms with Crippen LogP contribution in [0.5, 0.6) is 0 Å². The van der Waals surface area contributed by atoms with E-state index in [-0.39, 0.29) is 0 Å². The average molecular weight is 288 g/mol. The number of carboxylic acids is 1. The summed E-state index contributed by atoms with van der Waals surface area (Å²) in [5.41, 5.74) is 2.66. The summed E-state index contributed by atoms with van der Waals surface area (Å²) in [5, 5.41) is 9.94. The molecule has 1 atom stereocenters. The number of hydrogen-bond donors (Lipinski definition) is 2. The Bertz CT molecular complexity index is 767. The molecule has 0 saturated carbocycles. The zero-order valence-corrected chi connectivity index (χ0v) is 11.0. The highest BCUT2D eigenvalue weighted by atomic mass is 35.5. The maximum absolute atomic E-state index is 11.6. The number of rotatable bonds is 3. The van der Waals surface area contributed by atoms with Gasteiger partial charge < -0.3 is 10.1 Å². The van der Waals surface area contributed by atoms with Crippen LogP contribution in [0.25, 0.3) is 11.0 Å². The fourth-order valence-electron chi connectivity index (χ4n) is 2.13. The van der Waals surface area contributed by atoms with E-state index >= 15 is 0 Å². The normalized spacial score (nSPS) is 12.4. The minimum Gasteiger partial charge on any atom is -0.480 e. The smallest absolute Gasteiger partial charge is 0.317 e. The molecular formula is C14H10ClN3O2. The van der Waals surface area contributed by atoms with Crippen molar-refractivity contribution in [2.24, 2.45) is 0 Å². The van der Waals surface area contributed by atoms with Crippen molar-refractivity contribution in [3.05, 3.63) is 59.1 Å². The van der Waals surface area contributed by atoms with Crippen LogP contribution in [0.2, 0.25) is 5.02 Å². The van der Waals surface area contributed by atoms with Gasteiger partial charge in [0.2, 0.25) is 0 Å². The maximum Gasteiger partial charge on any atom is 0.317 e. The largest absolute Gasteiger partial charge is 0.480 e. The van der Waals surface area contributed by atoms with E-state index in [2.05, 4.69) is 15.0 Å². The molecule has 0 bridgehead atoms. The topological polar surface area (TPSA) is 78.9 Å². The van der Waals surface area contributed by atoms with Crippen molar-refractivity contribution >= 4 is 28.6 Å². The number of imidazole rings is 1. The first-order valence-corrected chi connectivity index (χ1v) is 6.30. The second kappa shape index (κ2) is 4.94. The molecule has 0 saturated heterocycles. The third kappa shape index (κ3) is 2.23. The average Bonchev–Trinajstić information content (AvgIpc) is 2.88. The summed E-state index contributed by atoms with van der Waals surface area (Å²) in [4.78, 5) is 22.8. The minimum atomic E-state index is -0.963. The number of aliphatic carboxylic acids is 1. The molecule has 0 aliphatic heterocycles. The number of halogens is 1. The molecule has 2 N–H and O–H groups in total. The summed E-state index contributed by atoms with van der Waals surface area (Å²) >= 11 is 5.78. The lowest BCUT2D eigenvalue weighted by molar-refractivity contribution is -0.137. The van der Waals surface area contributed by atoms with E-state index in [1.165, 1.54) is 6.20 Å². The van der Waals surface area contributed by atoms with Gasteiger partial charge in [-0.2, -0.15) is 0 Å². The van der Waals surface area contributed by atoms with Crippen molar-refractivity contribution in [2.45, 2.75) is 5.92 Å². The number of aromatic amines is 1. The summed E-state index contributed by atoms with van der Waals surface area (Å²) in [6, 6.07) is 8.57. The van der Waals surface area contributed by atoms with Crippen molar-refractivity contribution < 1.29 is 9.90 Å². The van der Waals surface area contributed by atoms with Crippen molar-refractivity contribution in [3.63, 3.8) is 0 Å². The lowest BCUT2D eigenvalue weighted by atomic mass is 9.95. The minimum absolute atomic E-state index is 0.441. The van der Waals surface area contributed by atoms with E-state index in [9.17, 15) is 9.90 Å². The van der Waals surface area contributed by atoms with Crippen LogP contribution in [0.15, 0.2) is 42.9 Å². The van der Waals surface area contributed by atoms with Crippen LogP contribution in [0.1, 0.15) is 17.2 Å². The molecule has 0 amide bonds. The Hall–Kier alpha value is -2.40. The first-order valence-electron chi connectivity index (χ1n) is 5.92. The van der Waals surface area contributed by atoms with Crippen LogP contribution in [0.4, 0.5) is 0 Å². The van der Waals surface area contributed by atoms with E-state index < -0.39 is 11.9 Å². The summed E-state index contributed by atoms with van der Waals surface area (Å²) in [6.07, 6.45) is 3.02. The maximum atomic E-state index is 11.6. The summed E-state index contributed by atoms with van der Waals surface area (Å²) in [5.74, 6) is -1.80. The fourth-order valence-corrected chi connectivity index (χ4v) is 2.24. The third-order valence-electron chi connectivity index (χ3n) is 3.07. The van der Waals surface area contributed by atoms with E-state index in [4.69, 9.17) is 11.6 Å². The van der Waals surface area contributed by atoms with Gasteiger partial charge in [0, 0.05) is 6.20 Å². The van der Waals surface area contributed by atoms with E-state index in [0.717, 1.165) is 11.0 Å². The molecule has 0 aliphatic rings. The number of nitrogens with zero attached hydrogens (tertiary/aromatic N) is 2. The first kappa shape index (κ1) is 12.6. The molecule has 0 fully saturated rings. The highest BCUT2D eigenvalue weighted by Crippen LogP contribution is 2.26. The van der Waals surface area contributed by atoms with Crippen LogP contribution in [-0.4, -0.2) is 26.0 Å². The van der Waals surface area contributed by atoms with Crippen LogP contribution < -0.4 is 0 Å². The van der Waals surface area contributed by atoms with Gasteiger partial charge in [0.15, 0.2) is 0 Å². The molecule has 3 aromatic rings. The lowest BCUT2D eigenvalue weighted by Crippen LogP contribution is -2.14. The molecule has 0 aliphatic carbocycles. The van der Waals surface area contributed by atoms with Gasteiger partial charge in [0.25, 0.3) is 0 Å². The molecule has 0 spiro atoms. The van der Waals surface area contributed by atoms with Crippen LogP contribution >= 0.6 is 11.6 Å². The van der Waals surface area contributed by atoms with Crippen molar-refractivity contribution in [1.29, 1.82) is 0 Å². The summed E-state index contributed by atoms with van der Waals surface area (Å²) < 4.78 is 0. The van der Waals surface area contributed by atoms with Gasteiger partial charge >= 0.3 is 5.97 Å². The SMILES string of the molecule is O=C(O)C(c1ccc2[nH]cnc2c1)c1ccc(Cl)cn1. The molecule has 3 rings (SSSR count). The number of nitrogens with one attached hydrogen (secondary N) is 1. The van der Waals surface area contributed by atoms with Gasteiger partial charge in [-0.3, -0.25) is 9.78 Å². The van der Waals surface area contributed by atoms with Crippen LogP contribution in [-0.2, 0) is 4.79 Å². The van der Waals surface area contributed by atoms with Gasteiger partial charge in [-0.1, -0.05) is 17.7 Å². The van der Waals surface area contributed by atoms with Crippen LogP contribution in [0.3, 0.4) is 0 Å². The highest BCUT2D eigenvalue weighted by molar-refractivity contribution is 6.30. The fraction of sp³-hybridized carbons (Fsp3) is 0.0714. The molecule has 2 aromatic heterocycles. The number of fused-ring (bicyclic) bond motifs is 1. The Morgan fingerprint density at radius 1 is 1.25 bits per heavy atom. The zero-order chi connectivity index (χ0) is 14.1. The van der Waals surface area contributed by atoms with Gasteiger partial charge in [0.1, 0.15) is 5.92 Å². The number of H-pyrrole nitrogens is 1. The molecule has 5 nitrogen and oxygen atoms in total. The predicted molar refractivity (Wildman–Crippen MR) is 74.8 cm³/mol. The number of aromatic nitrogens is 3. The Kier molecular flexibility index (Phi) is 3.12. The van der Waals surface area contributed by atoms with Crippen LogP contribution in [0, 0.1) is 0 Å². The van der Waals surface area contributed by atoms with E-state index in [1.54, 1.807) is 30.6 Å². The highest BCUT2D eigenvalue weighted by Gasteiger charge is 2.23. The number of carboxylic acid groups (broad SMARTS) is 1. The number of hydrogen-bond acceptors (Lipinski definition) is 3. The molecular weight excluding hydrogens is 278 g/mol. The van der Waals surface area contributed by atoms with Crippen molar-refractivity contribution in [2.75, 3.05) is 0 Å². The Morgan fingerprint density at radius 3 is 2.80 bits per heavy atom. The molecule has 0 radical (unpaired) electrons. The molecule has 1 unspecified atom stereocenters. The van der Waals surface area contributed by atoms with Crippen molar-refractivity contribution in [1.82, 2.24) is 15.0 Å². The summed E-state index contributed by atoms with van der Waals surface area (Å²) in [7, 11) is 0. The summed E-state index contributed by atoms with van der Waals surface area (Å²) in [6.45, 7) is 0. The molecule has 20 heavy (non-hydrogen) atoms. The van der Waals surface area contributed by atoms with Gasteiger partial charge in [0.05, 0.1) is 28.1 Å². The van der Waals surface area contributed by atoms with E-state index in [1.807, 2.05) is 6.07 Å². The van der Waals surface area contributed by atoms with Gasteiger partial charge in [-0.25, -0.2) is 4.98 Å². The Labute approximate surface area is 119 Å². The number of carbonyl (C=O) groups is 1. The first-order chi connectivity index (χ1) is 9.65. The Morgan fingerprint density at radius 2 is 2.10 bits per heavy atom. The van der Waals surface area contributed by atoms with Gasteiger partial charge in [-0.05, 0) is 29.8 Å². The predicted octanol–water partition coefficient (Wildman–Crippen LogP) is 2.83. The second-order valence-electron chi connectivity index (χ2n) is 4.35. The second-order valence-corrected chi connectivity index (χ2v) is 4.79. The number of pyridine rings is 1. The quantitative estimate of drug-likeness (QED) is 0.776.